The van der Waals surface area contributed by atoms with Gasteiger partial charge < -0.3 is 15.1 Å². The summed E-state index contributed by atoms with van der Waals surface area (Å²) in [6, 6.07) is 8.08. The summed E-state index contributed by atoms with van der Waals surface area (Å²) < 4.78 is 24.5. The second-order valence-electron chi connectivity index (χ2n) is 6.30. The number of nitrogens with zero attached hydrogens (tertiary/aromatic N) is 5. The lowest BCUT2D eigenvalue weighted by Crippen LogP contribution is -2.27. The van der Waals surface area contributed by atoms with E-state index in [-0.39, 0.29) is 29.5 Å². The van der Waals surface area contributed by atoms with Gasteiger partial charge in [0, 0.05) is 34.6 Å². The van der Waals surface area contributed by atoms with Crippen molar-refractivity contribution in [2.45, 2.75) is 17.9 Å². The Hall–Kier alpha value is -2.75. The molecule has 0 saturated heterocycles. The van der Waals surface area contributed by atoms with Gasteiger partial charge in [0.1, 0.15) is 0 Å². The highest BCUT2D eigenvalue weighted by Crippen LogP contribution is 2.12. The average molecular weight is 392 g/mol. The Labute approximate surface area is 159 Å². The van der Waals surface area contributed by atoms with Crippen molar-refractivity contribution in [2.24, 2.45) is 0 Å². The molecule has 1 N–H and O–H groups in total. The highest BCUT2D eigenvalue weighted by atomic mass is 32.2. The van der Waals surface area contributed by atoms with Gasteiger partial charge in [-0.15, -0.1) is 0 Å². The van der Waals surface area contributed by atoms with Crippen molar-refractivity contribution in [3.05, 3.63) is 36.2 Å². The van der Waals surface area contributed by atoms with Gasteiger partial charge in [0.2, 0.25) is 17.8 Å². The van der Waals surface area contributed by atoms with E-state index in [1.54, 1.807) is 28.0 Å². The van der Waals surface area contributed by atoms with Crippen LogP contribution in [0.15, 0.2) is 35.2 Å². The second kappa shape index (κ2) is 8.76. The highest BCUT2D eigenvalue weighted by molar-refractivity contribution is 7.91. The molecule has 0 aliphatic rings. The number of nitrogens with one attached hydrogen (secondary N) is 1. The zero-order valence-electron chi connectivity index (χ0n) is 15.9. The lowest BCUT2D eigenvalue weighted by molar-refractivity contribution is -0.120. The molecule has 0 bridgehead atoms. The van der Waals surface area contributed by atoms with Gasteiger partial charge in [0.05, 0.1) is 17.2 Å². The average Bonchev–Trinajstić information content (AvgIpc) is 2.65. The summed E-state index contributed by atoms with van der Waals surface area (Å²) in [5, 5.41) is 2.66. The van der Waals surface area contributed by atoms with Crippen LogP contribution < -0.4 is 15.1 Å². The minimum atomic E-state index is -3.49. The Morgan fingerprint density at radius 1 is 0.963 bits per heavy atom. The summed E-state index contributed by atoms with van der Waals surface area (Å²) in [6.07, 6.45) is -0.136. The first kappa shape index (κ1) is 20.6. The molecule has 27 heavy (non-hydrogen) atoms. The maximum Gasteiger partial charge on any atom is 0.229 e. The highest BCUT2D eigenvalue weighted by Gasteiger charge is 2.16. The van der Waals surface area contributed by atoms with Crippen LogP contribution in [0.25, 0.3) is 0 Å². The Bertz CT molecular complexity index is 859. The summed E-state index contributed by atoms with van der Waals surface area (Å²) >= 11 is 0. The fourth-order valence-electron chi connectivity index (χ4n) is 2.11. The van der Waals surface area contributed by atoms with E-state index in [1.165, 1.54) is 12.1 Å². The van der Waals surface area contributed by atoms with E-state index < -0.39 is 9.84 Å². The lowest BCUT2D eigenvalue weighted by atomic mass is 10.4. The topological polar surface area (TPSA) is 108 Å². The number of hydrogen-bond donors (Lipinski definition) is 1. The summed E-state index contributed by atoms with van der Waals surface area (Å²) in [5.41, 5.74) is 0. The van der Waals surface area contributed by atoms with E-state index in [0.29, 0.717) is 17.7 Å². The van der Waals surface area contributed by atoms with Crippen molar-refractivity contribution in [1.82, 2.24) is 20.3 Å². The molecular weight excluding hydrogens is 368 g/mol. The maximum atomic E-state index is 12.2. The fourth-order valence-corrected chi connectivity index (χ4v) is 3.37. The van der Waals surface area contributed by atoms with Gasteiger partial charge in [-0.1, -0.05) is 18.2 Å². The number of benzene rings is 1. The zero-order valence-corrected chi connectivity index (χ0v) is 16.7. The van der Waals surface area contributed by atoms with Crippen LogP contribution in [-0.2, 0) is 21.2 Å². The van der Waals surface area contributed by atoms with E-state index >= 15 is 0 Å². The molecule has 0 spiro atoms. The minimum absolute atomic E-state index is 0.0917. The Balaban J connectivity index is 1.97. The third kappa shape index (κ3) is 5.88. The summed E-state index contributed by atoms with van der Waals surface area (Å²) in [7, 11) is 3.75. The smallest absolute Gasteiger partial charge is 0.229 e. The molecule has 0 radical (unpaired) electrons. The number of sulfone groups is 1. The third-order valence-electron chi connectivity index (χ3n) is 3.60. The van der Waals surface area contributed by atoms with Crippen molar-refractivity contribution in [2.75, 3.05) is 43.7 Å². The quantitative estimate of drug-likeness (QED) is 0.691. The number of hydrogen-bond acceptors (Lipinski definition) is 8. The molecule has 1 amide bonds. The molecule has 0 saturated carbocycles. The van der Waals surface area contributed by atoms with Crippen LogP contribution in [0.3, 0.4) is 0 Å². The number of aromatic nitrogens is 3. The zero-order chi connectivity index (χ0) is 20.0. The van der Waals surface area contributed by atoms with Crippen molar-refractivity contribution in [3.8, 4) is 0 Å². The number of amides is 1. The molecule has 0 aliphatic heterocycles. The van der Waals surface area contributed by atoms with Gasteiger partial charge in [-0.3, -0.25) is 4.79 Å². The lowest BCUT2D eigenvalue weighted by Gasteiger charge is -2.16. The molecule has 1 aromatic heterocycles. The number of carbonyl (C=O) groups excluding carboxylic acids is 1. The van der Waals surface area contributed by atoms with Gasteiger partial charge in [-0.05, 0) is 12.1 Å². The van der Waals surface area contributed by atoms with Crippen molar-refractivity contribution in [3.63, 3.8) is 0 Å². The molecule has 10 heteroatoms. The molecule has 0 aliphatic carbocycles. The first-order chi connectivity index (χ1) is 12.7. The number of anilines is 2. The molecule has 146 valence electrons. The van der Waals surface area contributed by atoms with Crippen molar-refractivity contribution >= 4 is 27.6 Å². The second-order valence-corrected chi connectivity index (χ2v) is 8.41. The predicted molar refractivity (Wildman–Crippen MR) is 103 cm³/mol. The van der Waals surface area contributed by atoms with E-state index in [2.05, 4.69) is 20.3 Å². The fraction of sp³-hybridized carbons (Fsp3) is 0.412. The monoisotopic (exact) mass is 392 g/mol. The Morgan fingerprint density at radius 3 is 2.04 bits per heavy atom. The van der Waals surface area contributed by atoms with Crippen LogP contribution in [0.2, 0.25) is 0 Å². The Morgan fingerprint density at radius 2 is 1.52 bits per heavy atom. The number of rotatable bonds is 8. The van der Waals surface area contributed by atoms with Crippen LogP contribution in [-0.4, -0.2) is 63.2 Å². The summed E-state index contributed by atoms with van der Waals surface area (Å²) in [4.78, 5) is 28.6. The SMILES string of the molecule is CN(C)c1nc(CNC(=O)CCS(=O)(=O)c2ccccc2)nc(N(C)C)n1. The van der Waals surface area contributed by atoms with E-state index in [4.69, 9.17) is 0 Å². The normalized spacial score (nSPS) is 11.1. The molecule has 0 fully saturated rings. The van der Waals surface area contributed by atoms with Crippen molar-refractivity contribution < 1.29 is 13.2 Å². The predicted octanol–water partition coefficient (Wildman–Crippen LogP) is 0.484. The van der Waals surface area contributed by atoms with E-state index in [0.717, 1.165) is 0 Å². The first-order valence-corrected chi connectivity index (χ1v) is 9.98. The first-order valence-electron chi connectivity index (χ1n) is 8.33. The molecule has 0 unspecified atom stereocenters. The largest absolute Gasteiger partial charge is 0.349 e. The van der Waals surface area contributed by atoms with Gasteiger partial charge in [0.15, 0.2) is 15.7 Å². The van der Waals surface area contributed by atoms with Crippen LogP contribution in [0, 0.1) is 0 Å². The van der Waals surface area contributed by atoms with E-state index in [1.807, 2.05) is 28.2 Å². The minimum Gasteiger partial charge on any atom is -0.349 e. The molecule has 2 rings (SSSR count). The molecular formula is C17H24N6O3S. The van der Waals surface area contributed by atoms with Crippen LogP contribution in [0.1, 0.15) is 12.2 Å². The Kier molecular flexibility index (Phi) is 6.67. The van der Waals surface area contributed by atoms with Crippen LogP contribution >= 0.6 is 0 Å². The van der Waals surface area contributed by atoms with E-state index in [9.17, 15) is 13.2 Å². The molecule has 9 nitrogen and oxygen atoms in total. The molecule has 2 aromatic rings. The van der Waals surface area contributed by atoms with Gasteiger partial charge in [-0.2, -0.15) is 15.0 Å². The van der Waals surface area contributed by atoms with Gasteiger partial charge in [0.25, 0.3) is 0 Å². The summed E-state index contributed by atoms with van der Waals surface area (Å²) in [5.74, 6) is 0.713. The third-order valence-corrected chi connectivity index (χ3v) is 5.33. The van der Waals surface area contributed by atoms with Gasteiger partial charge in [-0.25, -0.2) is 8.42 Å². The van der Waals surface area contributed by atoms with Gasteiger partial charge >= 0.3 is 0 Å². The number of carbonyl (C=O) groups is 1. The van der Waals surface area contributed by atoms with Crippen molar-refractivity contribution in [1.29, 1.82) is 0 Å². The van der Waals surface area contributed by atoms with Crippen LogP contribution in [0.4, 0.5) is 11.9 Å². The molecule has 0 atom stereocenters. The summed E-state index contributed by atoms with van der Waals surface area (Å²) in [6.45, 7) is 0.0917. The standard InChI is InChI=1S/C17H24N6O3S/c1-22(2)16-19-14(20-17(21-16)23(3)4)12-18-15(24)10-11-27(25,26)13-8-6-5-7-9-13/h5-9H,10-12H2,1-4H3,(H,18,24). The maximum absolute atomic E-state index is 12.2. The molecule has 1 aromatic carbocycles. The van der Waals surface area contributed by atoms with Crippen LogP contribution in [0.5, 0.6) is 0 Å². The molecule has 1 heterocycles.